The first-order valence-electron chi connectivity index (χ1n) is 5.24. The van der Waals surface area contributed by atoms with E-state index in [-0.39, 0.29) is 5.82 Å². The third kappa shape index (κ3) is 4.30. The molecule has 3 heteroatoms. The van der Waals surface area contributed by atoms with Crippen LogP contribution in [0.1, 0.15) is 25.8 Å². The number of hydrogen-bond donors (Lipinski definition) is 1. The molecule has 84 valence electrons. The molecule has 0 radical (unpaired) electrons. The van der Waals surface area contributed by atoms with Crippen LogP contribution in [-0.2, 0) is 6.54 Å². The Kier molecular flexibility index (Phi) is 4.56. The zero-order valence-electron chi connectivity index (χ0n) is 9.29. The van der Waals surface area contributed by atoms with Crippen LogP contribution in [0.2, 0.25) is 0 Å². The zero-order valence-corrected chi connectivity index (χ0v) is 9.29. The highest BCUT2D eigenvalue weighted by atomic mass is 19.1. The lowest BCUT2D eigenvalue weighted by Crippen LogP contribution is -2.03. The number of halogens is 1. The smallest absolute Gasteiger partial charge is 0.127 e. The van der Waals surface area contributed by atoms with Gasteiger partial charge < -0.3 is 10.5 Å². The van der Waals surface area contributed by atoms with Gasteiger partial charge in [0.15, 0.2) is 0 Å². The summed E-state index contributed by atoms with van der Waals surface area (Å²) in [7, 11) is 0. The highest BCUT2D eigenvalue weighted by Crippen LogP contribution is 2.16. The summed E-state index contributed by atoms with van der Waals surface area (Å²) < 4.78 is 18.5. The van der Waals surface area contributed by atoms with Crippen molar-refractivity contribution in [3.8, 4) is 5.75 Å². The Balaban J connectivity index is 2.56. The van der Waals surface area contributed by atoms with Crippen molar-refractivity contribution in [1.82, 2.24) is 0 Å². The van der Waals surface area contributed by atoms with Crippen molar-refractivity contribution in [3.63, 3.8) is 0 Å². The maximum atomic E-state index is 13.1. The molecule has 1 aromatic carbocycles. The predicted octanol–water partition coefficient (Wildman–Crippen LogP) is 2.71. The van der Waals surface area contributed by atoms with Crippen molar-refractivity contribution < 1.29 is 9.13 Å². The fourth-order valence-corrected chi connectivity index (χ4v) is 1.23. The third-order valence-corrected chi connectivity index (χ3v) is 2.13. The van der Waals surface area contributed by atoms with Gasteiger partial charge in [-0.1, -0.05) is 13.8 Å². The molecule has 0 aliphatic rings. The van der Waals surface area contributed by atoms with Crippen LogP contribution >= 0.6 is 0 Å². The second-order valence-corrected chi connectivity index (χ2v) is 4.03. The highest BCUT2D eigenvalue weighted by Gasteiger charge is 2.01. The van der Waals surface area contributed by atoms with E-state index < -0.39 is 0 Å². The molecular weight excluding hydrogens is 193 g/mol. The molecule has 0 atom stereocenters. The summed E-state index contributed by atoms with van der Waals surface area (Å²) in [5.74, 6) is 0.862. The molecule has 0 aliphatic heterocycles. The van der Waals surface area contributed by atoms with Gasteiger partial charge in [0, 0.05) is 12.6 Å². The van der Waals surface area contributed by atoms with E-state index >= 15 is 0 Å². The molecule has 1 aromatic rings. The van der Waals surface area contributed by atoms with Crippen molar-refractivity contribution >= 4 is 0 Å². The quantitative estimate of drug-likeness (QED) is 0.812. The van der Waals surface area contributed by atoms with E-state index in [1.54, 1.807) is 6.07 Å². The lowest BCUT2D eigenvalue weighted by molar-refractivity contribution is 0.288. The second-order valence-electron chi connectivity index (χ2n) is 4.03. The number of nitrogens with two attached hydrogens (primary N) is 1. The first kappa shape index (κ1) is 12.0. The minimum absolute atomic E-state index is 0.294. The van der Waals surface area contributed by atoms with Crippen molar-refractivity contribution in [2.45, 2.75) is 26.8 Å². The average molecular weight is 211 g/mol. The van der Waals surface area contributed by atoms with Crippen molar-refractivity contribution in [1.29, 1.82) is 0 Å². The standard InChI is InChI=1S/C12H18FNO/c1-9(2)3-4-15-12-6-10(8-14)5-11(13)7-12/h5-7,9H,3-4,8,14H2,1-2H3. The van der Waals surface area contributed by atoms with Gasteiger partial charge in [-0.2, -0.15) is 0 Å². The van der Waals surface area contributed by atoms with Gasteiger partial charge in [0.1, 0.15) is 11.6 Å². The van der Waals surface area contributed by atoms with Gasteiger partial charge in [0.25, 0.3) is 0 Å². The molecule has 0 bridgehead atoms. The average Bonchev–Trinajstić information content (AvgIpc) is 2.16. The SMILES string of the molecule is CC(C)CCOc1cc(F)cc(CN)c1. The summed E-state index contributed by atoms with van der Waals surface area (Å²) >= 11 is 0. The molecule has 0 aliphatic carbocycles. The Labute approximate surface area is 90.2 Å². The van der Waals surface area contributed by atoms with Crippen molar-refractivity contribution in [3.05, 3.63) is 29.6 Å². The minimum atomic E-state index is -0.294. The van der Waals surface area contributed by atoms with Crippen molar-refractivity contribution in [2.24, 2.45) is 11.7 Å². The molecule has 2 nitrogen and oxygen atoms in total. The monoisotopic (exact) mass is 211 g/mol. The van der Waals surface area contributed by atoms with Gasteiger partial charge in [-0.3, -0.25) is 0 Å². The Bertz CT molecular complexity index is 312. The van der Waals surface area contributed by atoms with E-state index in [1.807, 2.05) is 0 Å². The van der Waals surface area contributed by atoms with E-state index in [0.29, 0.717) is 24.8 Å². The van der Waals surface area contributed by atoms with Gasteiger partial charge in [-0.05, 0) is 30.0 Å². The van der Waals surface area contributed by atoms with Crippen LogP contribution in [0.5, 0.6) is 5.75 Å². The highest BCUT2D eigenvalue weighted by molar-refractivity contribution is 5.29. The van der Waals surface area contributed by atoms with Crippen LogP contribution < -0.4 is 10.5 Å². The van der Waals surface area contributed by atoms with Gasteiger partial charge in [-0.25, -0.2) is 4.39 Å². The number of hydrogen-bond acceptors (Lipinski definition) is 2. The molecule has 0 saturated heterocycles. The van der Waals surface area contributed by atoms with E-state index in [0.717, 1.165) is 12.0 Å². The summed E-state index contributed by atoms with van der Waals surface area (Å²) in [5, 5.41) is 0. The molecule has 1 rings (SSSR count). The van der Waals surface area contributed by atoms with Gasteiger partial charge in [0.05, 0.1) is 6.61 Å². The number of rotatable bonds is 5. The molecule has 15 heavy (non-hydrogen) atoms. The van der Waals surface area contributed by atoms with Crippen LogP contribution in [0.25, 0.3) is 0 Å². The molecule has 0 amide bonds. The van der Waals surface area contributed by atoms with Gasteiger partial charge >= 0.3 is 0 Å². The Morgan fingerprint density at radius 3 is 2.67 bits per heavy atom. The fraction of sp³-hybridized carbons (Fsp3) is 0.500. The molecule has 0 heterocycles. The topological polar surface area (TPSA) is 35.2 Å². The Morgan fingerprint density at radius 1 is 1.33 bits per heavy atom. The van der Waals surface area contributed by atoms with Gasteiger partial charge in [-0.15, -0.1) is 0 Å². The van der Waals surface area contributed by atoms with Gasteiger partial charge in [0.2, 0.25) is 0 Å². The lowest BCUT2D eigenvalue weighted by Gasteiger charge is -2.09. The second kappa shape index (κ2) is 5.71. The minimum Gasteiger partial charge on any atom is -0.493 e. The summed E-state index contributed by atoms with van der Waals surface area (Å²) in [6, 6.07) is 4.60. The summed E-state index contributed by atoms with van der Waals surface area (Å²) in [6.07, 6.45) is 0.967. The van der Waals surface area contributed by atoms with E-state index in [4.69, 9.17) is 10.5 Å². The summed E-state index contributed by atoms with van der Waals surface area (Å²) in [6.45, 7) is 5.20. The Morgan fingerprint density at radius 2 is 2.07 bits per heavy atom. The van der Waals surface area contributed by atoms with Crippen molar-refractivity contribution in [2.75, 3.05) is 6.61 Å². The maximum Gasteiger partial charge on any atom is 0.127 e. The van der Waals surface area contributed by atoms with Crippen LogP contribution in [-0.4, -0.2) is 6.61 Å². The normalized spacial score (nSPS) is 10.7. The third-order valence-electron chi connectivity index (χ3n) is 2.13. The van der Waals surface area contributed by atoms with Crippen LogP contribution in [0, 0.1) is 11.7 Å². The first-order valence-corrected chi connectivity index (χ1v) is 5.24. The van der Waals surface area contributed by atoms with E-state index in [9.17, 15) is 4.39 Å². The fourth-order valence-electron chi connectivity index (χ4n) is 1.23. The van der Waals surface area contributed by atoms with E-state index in [2.05, 4.69) is 13.8 Å². The predicted molar refractivity (Wildman–Crippen MR) is 59.2 cm³/mol. The zero-order chi connectivity index (χ0) is 11.3. The molecular formula is C12H18FNO. The van der Waals surface area contributed by atoms with Crippen LogP contribution in [0.3, 0.4) is 0 Å². The lowest BCUT2D eigenvalue weighted by atomic mass is 10.1. The first-order chi connectivity index (χ1) is 7.11. The van der Waals surface area contributed by atoms with Crippen LogP contribution in [0.4, 0.5) is 4.39 Å². The summed E-state index contributed by atoms with van der Waals surface area (Å²) in [5.41, 5.74) is 6.20. The largest absolute Gasteiger partial charge is 0.493 e. The number of ether oxygens (including phenoxy) is 1. The van der Waals surface area contributed by atoms with Crippen LogP contribution in [0.15, 0.2) is 18.2 Å². The molecule has 2 N–H and O–H groups in total. The number of benzene rings is 1. The Hall–Kier alpha value is -1.09. The molecule has 0 aromatic heterocycles. The summed E-state index contributed by atoms with van der Waals surface area (Å²) in [4.78, 5) is 0. The van der Waals surface area contributed by atoms with E-state index in [1.165, 1.54) is 12.1 Å². The molecule has 0 spiro atoms. The maximum absolute atomic E-state index is 13.1. The molecule has 0 unspecified atom stereocenters. The molecule has 0 fully saturated rings. The molecule has 0 saturated carbocycles.